The molecule has 0 unspecified atom stereocenters. The minimum Gasteiger partial charge on any atom is -0.497 e. The lowest BCUT2D eigenvalue weighted by molar-refractivity contribution is -0.131. The molecule has 5 nitrogen and oxygen atoms in total. The van der Waals surface area contributed by atoms with Crippen molar-refractivity contribution in [2.45, 2.75) is 6.18 Å². The number of benzene rings is 1. The Kier molecular flexibility index (Phi) is 6.43. The van der Waals surface area contributed by atoms with E-state index in [1.165, 1.54) is 49.9 Å². The van der Waals surface area contributed by atoms with Crippen LogP contribution in [0, 0.1) is 0 Å². The molecule has 1 aromatic carbocycles. The maximum atomic E-state index is 12.7. The number of allylic oxidation sites excluding steroid dienone is 1. The highest BCUT2D eigenvalue weighted by atomic mass is 19.4. The van der Waals surface area contributed by atoms with Crippen LogP contribution in [0.1, 0.15) is 0 Å². The first kappa shape index (κ1) is 17.5. The van der Waals surface area contributed by atoms with Gasteiger partial charge in [0.1, 0.15) is 18.8 Å². The number of hydrogen-bond donors (Lipinski definition) is 1. The minimum atomic E-state index is -4.52. The molecule has 1 amide bonds. The van der Waals surface area contributed by atoms with E-state index in [0.717, 1.165) is 0 Å². The maximum Gasteiger partial charge on any atom is 0.406 e. The van der Waals surface area contributed by atoms with Gasteiger partial charge in [0.25, 0.3) is 0 Å². The van der Waals surface area contributed by atoms with E-state index in [4.69, 9.17) is 10.5 Å². The normalized spacial score (nSPS) is 12.0. The Labute approximate surface area is 125 Å². The summed E-state index contributed by atoms with van der Waals surface area (Å²) in [4.78, 5) is 16.3. The smallest absolute Gasteiger partial charge is 0.406 e. The van der Waals surface area contributed by atoms with Gasteiger partial charge in [-0.15, -0.1) is 0 Å². The van der Waals surface area contributed by atoms with Gasteiger partial charge in [-0.05, 0) is 36.5 Å². The van der Waals surface area contributed by atoms with Gasteiger partial charge in [0.2, 0.25) is 5.91 Å². The molecule has 0 aromatic heterocycles. The molecule has 0 heterocycles. The molecule has 0 saturated heterocycles. The fraction of sp³-hybridized carbons (Fsp3) is 0.286. The van der Waals surface area contributed by atoms with Crippen LogP contribution in [0.5, 0.6) is 5.75 Å². The minimum absolute atomic E-state index is 0.118. The van der Waals surface area contributed by atoms with Crippen LogP contribution in [0.15, 0.2) is 41.5 Å². The molecule has 0 radical (unpaired) electrons. The van der Waals surface area contributed by atoms with E-state index >= 15 is 0 Å². The van der Waals surface area contributed by atoms with Crippen LogP contribution < -0.4 is 15.4 Å². The number of carbonyl (C=O) groups excluding carboxylic acids is 1. The average Bonchev–Trinajstić information content (AvgIpc) is 2.48. The van der Waals surface area contributed by atoms with Crippen molar-refractivity contribution >= 4 is 17.8 Å². The maximum absolute atomic E-state index is 12.7. The van der Waals surface area contributed by atoms with E-state index in [-0.39, 0.29) is 5.69 Å². The number of anilines is 1. The summed E-state index contributed by atoms with van der Waals surface area (Å²) in [6.07, 6.45) is -0.701. The number of amides is 1. The fourth-order valence-electron chi connectivity index (χ4n) is 1.59. The third-order valence-electron chi connectivity index (χ3n) is 2.55. The molecule has 0 saturated carbocycles. The van der Waals surface area contributed by atoms with Gasteiger partial charge >= 0.3 is 6.18 Å². The van der Waals surface area contributed by atoms with E-state index < -0.39 is 25.2 Å². The summed E-state index contributed by atoms with van der Waals surface area (Å²) in [5.74, 6) is -0.293. The summed E-state index contributed by atoms with van der Waals surface area (Å²) in [5, 5.41) is 0. The molecule has 0 fully saturated rings. The molecule has 0 bridgehead atoms. The molecule has 2 N–H and O–H groups in total. The molecule has 120 valence electrons. The van der Waals surface area contributed by atoms with Crippen molar-refractivity contribution in [3.63, 3.8) is 0 Å². The van der Waals surface area contributed by atoms with Crippen molar-refractivity contribution in [1.82, 2.24) is 0 Å². The van der Waals surface area contributed by atoms with Crippen molar-refractivity contribution in [1.29, 1.82) is 0 Å². The van der Waals surface area contributed by atoms with Gasteiger partial charge in [0, 0.05) is 11.9 Å². The van der Waals surface area contributed by atoms with Crippen molar-refractivity contribution in [2.75, 3.05) is 25.1 Å². The van der Waals surface area contributed by atoms with Gasteiger partial charge in [-0.1, -0.05) is 0 Å². The first-order valence-corrected chi connectivity index (χ1v) is 6.25. The second-order valence-corrected chi connectivity index (χ2v) is 4.17. The van der Waals surface area contributed by atoms with Crippen LogP contribution >= 0.6 is 0 Å². The zero-order chi connectivity index (χ0) is 16.6. The van der Waals surface area contributed by atoms with Crippen LogP contribution in [0.2, 0.25) is 0 Å². The van der Waals surface area contributed by atoms with Crippen LogP contribution in [0.4, 0.5) is 18.9 Å². The molecule has 0 aliphatic carbocycles. The lowest BCUT2D eigenvalue weighted by atomic mass is 10.2. The van der Waals surface area contributed by atoms with Gasteiger partial charge < -0.3 is 15.4 Å². The monoisotopic (exact) mass is 315 g/mol. The number of nitrogens with two attached hydrogens (primary N) is 1. The number of aliphatic imine (C=N–C) groups is 1. The number of carbonyl (C=O) groups is 1. The second kappa shape index (κ2) is 8.06. The number of nitrogens with zero attached hydrogens (tertiary/aromatic N) is 2. The summed E-state index contributed by atoms with van der Waals surface area (Å²) >= 11 is 0. The zero-order valence-electron chi connectivity index (χ0n) is 11.9. The summed E-state index contributed by atoms with van der Waals surface area (Å²) in [6, 6.07) is 5.72. The Morgan fingerprint density at radius 3 is 2.50 bits per heavy atom. The fourth-order valence-corrected chi connectivity index (χ4v) is 1.59. The highest BCUT2D eigenvalue weighted by Gasteiger charge is 2.33. The van der Waals surface area contributed by atoms with Crippen molar-refractivity contribution in [3.05, 3.63) is 36.5 Å². The molecule has 0 atom stereocenters. The highest BCUT2D eigenvalue weighted by molar-refractivity contribution is 5.95. The van der Waals surface area contributed by atoms with Gasteiger partial charge in [-0.2, -0.15) is 13.2 Å². The standard InChI is InChI=1S/C14H16F3N3O2/c1-22-12-5-3-11(4-6-12)20(10-14(15,16)17)13(21)9-19-8-2-7-18/h2-8H,9-10,18H2,1H3/b7-2-,19-8?. The molecule has 0 aliphatic heterocycles. The van der Waals surface area contributed by atoms with Crippen LogP contribution in [-0.2, 0) is 4.79 Å². The number of rotatable bonds is 6. The van der Waals surface area contributed by atoms with Gasteiger partial charge in [0.15, 0.2) is 0 Å². The summed E-state index contributed by atoms with van der Waals surface area (Å²) in [6.45, 7) is -1.80. The molecule has 0 aliphatic rings. The zero-order valence-corrected chi connectivity index (χ0v) is 11.9. The molecule has 8 heteroatoms. The summed E-state index contributed by atoms with van der Waals surface area (Å²) in [5.41, 5.74) is 5.20. The van der Waals surface area contributed by atoms with Gasteiger partial charge in [0.05, 0.1) is 7.11 Å². The largest absolute Gasteiger partial charge is 0.497 e. The number of hydrogen-bond acceptors (Lipinski definition) is 4. The Morgan fingerprint density at radius 1 is 1.36 bits per heavy atom. The lowest BCUT2D eigenvalue weighted by Gasteiger charge is -2.23. The van der Waals surface area contributed by atoms with Gasteiger partial charge in [-0.3, -0.25) is 9.79 Å². The predicted molar refractivity (Wildman–Crippen MR) is 78.1 cm³/mol. The average molecular weight is 315 g/mol. The van der Waals surface area contributed by atoms with Gasteiger partial charge in [-0.25, -0.2) is 0 Å². The Morgan fingerprint density at radius 2 is 2.00 bits per heavy atom. The van der Waals surface area contributed by atoms with E-state index in [0.29, 0.717) is 10.6 Å². The van der Waals surface area contributed by atoms with Crippen molar-refractivity contribution in [3.8, 4) is 5.75 Å². The van der Waals surface area contributed by atoms with Crippen LogP contribution in [-0.4, -0.2) is 38.5 Å². The van der Waals surface area contributed by atoms with E-state index in [9.17, 15) is 18.0 Å². The van der Waals surface area contributed by atoms with Crippen LogP contribution in [0.3, 0.4) is 0 Å². The SMILES string of the molecule is COc1ccc(N(CC(F)(F)F)C(=O)CN=C/C=C\N)cc1. The van der Waals surface area contributed by atoms with Crippen molar-refractivity contribution < 1.29 is 22.7 Å². The molecule has 1 aromatic rings. The van der Waals surface area contributed by atoms with Crippen LogP contribution in [0.25, 0.3) is 0 Å². The molecular formula is C14H16F3N3O2. The number of methoxy groups -OCH3 is 1. The third kappa shape index (κ3) is 5.86. The Hall–Kier alpha value is -2.51. The quantitative estimate of drug-likeness (QED) is 0.818. The lowest BCUT2D eigenvalue weighted by Crippen LogP contribution is -2.40. The topological polar surface area (TPSA) is 67.9 Å². The molecule has 22 heavy (non-hydrogen) atoms. The first-order chi connectivity index (χ1) is 10.4. The molecule has 0 spiro atoms. The van der Waals surface area contributed by atoms with Crippen molar-refractivity contribution in [2.24, 2.45) is 10.7 Å². The molecule has 1 rings (SSSR count). The Balaban J connectivity index is 2.93. The van der Waals surface area contributed by atoms with E-state index in [2.05, 4.69) is 4.99 Å². The Bertz CT molecular complexity index is 539. The number of halogens is 3. The number of ether oxygens (including phenoxy) is 1. The third-order valence-corrected chi connectivity index (χ3v) is 2.55. The molecular weight excluding hydrogens is 299 g/mol. The summed E-state index contributed by atoms with van der Waals surface area (Å²) in [7, 11) is 1.44. The van der Waals surface area contributed by atoms with E-state index in [1.807, 2.05) is 0 Å². The predicted octanol–water partition coefficient (Wildman–Crippen LogP) is 2.13. The highest BCUT2D eigenvalue weighted by Crippen LogP contribution is 2.24. The first-order valence-electron chi connectivity index (χ1n) is 6.25. The summed E-state index contributed by atoms with van der Waals surface area (Å²) < 4.78 is 42.9. The number of alkyl halides is 3. The van der Waals surface area contributed by atoms with E-state index in [1.54, 1.807) is 0 Å². The second-order valence-electron chi connectivity index (χ2n) is 4.17.